The molecule has 1 rings (SSSR count). The molecule has 0 aliphatic carbocycles. The topological polar surface area (TPSA) is 46.2 Å². The van der Waals surface area contributed by atoms with E-state index >= 15 is 0 Å². The second kappa shape index (κ2) is 6.34. The summed E-state index contributed by atoms with van der Waals surface area (Å²) >= 11 is 0. The number of sulfone groups is 1. The summed E-state index contributed by atoms with van der Waals surface area (Å²) in [4.78, 5) is 0. The van der Waals surface area contributed by atoms with E-state index in [1.165, 1.54) is 17.4 Å². The van der Waals surface area contributed by atoms with E-state index in [9.17, 15) is 8.42 Å². The van der Waals surface area contributed by atoms with Crippen molar-refractivity contribution in [2.24, 2.45) is 0 Å². The molecule has 2 atom stereocenters. The van der Waals surface area contributed by atoms with Crippen LogP contribution in [0.1, 0.15) is 25.0 Å². The van der Waals surface area contributed by atoms with Gasteiger partial charge in [-0.05, 0) is 37.9 Å². The Morgan fingerprint density at radius 1 is 1.17 bits per heavy atom. The number of hydrogen-bond donors (Lipinski definition) is 1. The van der Waals surface area contributed by atoms with Crippen molar-refractivity contribution in [1.29, 1.82) is 0 Å². The lowest BCUT2D eigenvalue weighted by Crippen LogP contribution is -2.41. The number of rotatable bonds is 6. The molecular weight excluding hydrogens is 246 g/mol. The Hall–Kier alpha value is -0.870. The number of hydrogen-bond acceptors (Lipinski definition) is 3. The fourth-order valence-electron chi connectivity index (χ4n) is 1.97. The summed E-state index contributed by atoms with van der Waals surface area (Å²) in [5.41, 5.74) is 2.47. The molecule has 0 aromatic heterocycles. The molecule has 1 N–H and O–H groups in total. The summed E-state index contributed by atoms with van der Waals surface area (Å²) in [7, 11) is -1.20. The van der Waals surface area contributed by atoms with Crippen LogP contribution in [0.15, 0.2) is 24.3 Å². The summed E-state index contributed by atoms with van der Waals surface area (Å²) in [6.07, 6.45) is 3.05. The molecule has 2 unspecified atom stereocenters. The maximum atomic E-state index is 11.6. The molecule has 3 nitrogen and oxygen atoms in total. The Morgan fingerprint density at radius 3 is 2.06 bits per heavy atom. The maximum absolute atomic E-state index is 11.6. The first-order chi connectivity index (χ1) is 8.38. The second-order valence-corrected chi connectivity index (χ2v) is 7.21. The van der Waals surface area contributed by atoms with Gasteiger partial charge in [-0.1, -0.05) is 31.2 Å². The highest BCUT2D eigenvalue weighted by atomic mass is 32.2. The van der Waals surface area contributed by atoms with Crippen LogP contribution < -0.4 is 5.32 Å². The van der Waals surface area contributed by atoms with Crippen LogP contribution in [-0.4, -0.2) is 33.0 Å². The molecule has 18 heavy (non-hydrogen) atoms. The molecule has 0 aliphatic heterocycles. The van der Waals surface area contributed by atoms with Gasteiger partial charge in [0.2, 0.25) is 0 Å². The van der Waals surface area contributed by atoms with Gasteiger partial charge in [0.1, 0.15) is 0 Å². The van der Waals surface area contributed by atoms with E-state index in [4.69, 9.17) is 0 Å². The number of aryl methyl sites for hydroxylation is 1. The smallest absolute Gasteiger partial charge is 0.151 e. The summed E-state index contributed by atoms with van der Waals surface area (Å²) in [6, 6.07) is 8.32. The van der Waals surface area contributed by atoms with Crippen molar-refractivity contribution in [3.05, 3.63) is 35.4 Å². The molecule has 4 heteroatoms. The van der Waals surface area contributed by atoms with Crippen LogP contribution in [0.25, 0.3) is 0 Å². The number of nitrogens with one attached hydrogen (secondary N) is 1. The van der Waals surface area contributed by atoms with E-state index in [2.05, 4.69) is 36.5 Å². The third kappa shape index (κ3) is 4.10. The van der Waals surface area contributed by atoms with Crippen molar-refractivity contribution in [2.75, 3.05) is 13.3 Å². The van der Waals surface area contributed by atoms with Gasteiger partial charge in [0.25, 0.3) is 0 Å². The Balaban J connectivity index is 2.79. The molecule has 0 spiro atoms. The zero-order chi connectivity index (χ0) is 13.8. The van der Waals surface area contributed by atoms with Crippen molar-refractivity contribution in [2.45, 2.75) is 38.0 Å². The number of likely N-dealkylation sites (N-methyl/N-ethyl adjacent to an activating group) is 1. The zero-order valence-electron chi connectivity index (χ0n) is 11.6. The lowest BCUT2D eigenvalue weighted by atomic mass is 10.0. The van der Waals surface area contributed by atoms with Gasteiger partial charge in [0, 0.05) is 12.3 Å². The standard InChI is InChI=1S/C14H23NO2S/c1-5-12-6-8-13(9-7-12)10-14(15-3)11(2)18(4,16)17/h6-9,11,14-15H,5,10H2,1-4H3. The molecular formula is C14H23NO2S. The number of benzene rings is 1. The van der Waals surface area contributed by atoms with Gasteiger partial charge < -0.3 is 5.32 Å². The fourth-order valence-corrected chi connectivity index (χ4v) is 2.80. The van der Waals surface area contributed by atoms with Gasteiger partial charge >= 0.3 is 0 Å². The summed E-state index contributed by atoms with van der Waals surface area (Å²) in [5, 5.41) is 2.73. The lowest BCUT2D eigenvalue weighted by molar-refractivity contribution is 0.516. The summed E-state index contributed by atoms with van der Waals surface area (Å²) in [5.74, 6) is 0. The van der Waals surface area contributed by atoms with E-state index in [1.807, 2.05) is 7.05 Å². The Labute approximate surface area is 111 Å². The Bertz CT molecular complexity index is 465. The van der Waals surface area contributed by atoms with Crippen LogP contribution in [0, 0.1) is 0 Å². The van der Waals surface area contributed by atoms with E-state index in [-0.39, 0.29) is 11.3 Å². The predicted molar refractivity (Wildman–Crippen MR) is 76.7 cm³/mol. The van der Waals surface area contributed by atoms with E-state index in [1.54, 1.807) is 6.92 Å². The Kier molecular flexibility index (Phi) is 5.35. The molecule has 0 bridgehead atoms. The molecule has 1 aromatic rings. The highest BCUT2D eigenvalue weighted by Crippen LogP contribution is 2.12. The molecule has 0 amide bonds. The van der Waals surface area contributed by atoms with E-state index in [0.717, 1.165) is 12.8 Å². The predicted octanol–water partition coefficient (Wildman–Crippen LogP) is 1.81. The normalized spacial score (nSPS) is 15.3. The molecule has 0 radical (unpaired) electrons. The minimum absolute atomic E-state index is 0.0486. The quantitative estimate of drug-likeness (QED) is 0.857. The summed E-state index contributed by atoms with van der Waals surface area (Å²) in [6.45, 7) is 3.88. The molecule has 0 saturated heterocycles. The monoisotopic (exact) mass is 269 g/mol. The van der Waals surface area contributed by atoms with Crippen LogP contribution >= 0.6 is 0 Å². The van der Waals surface area contributed by atoms with Crippen molar-refractivity contribution < 1.29 is 8.42 Å². The van der Waals surface area contributed by atoms with Crippen LogP contribution in [0.4, 0.5) is 0 Å². The highest BCUT2D eigenvalue weighted by Gasteiger charge is 2.24. The fraction of sp³-hybridized carbons (Fsp3) is 0.571. The van der Waals surface area contributed by atoms with Crippen molar-refractivity contribution >= 4 is 9.84 Å². The minimum Gasteiger partial charge on any atom is -0.315 e. The first-order valence-electron chi connectivity index (χ1n) is 6.32. The summed E-state index contributed by atoms with van der Waals surface area (Å²) < 4.78 is 23.2. The lowest BCUT2D eigenvalue weighted by Gasteiger charge is -2.22. The SMILES string of the molecule is CCc1ccc(CC(NC)C(C)S(C)(=O)=O)cc1. The van der Waals surface area contributed by atoms with E-state index < -0.39 is 9.84 Å². The van der Waals surface area contributed by atoms with Crippen LogP contribution in [0.5, 0.6) is 0 Å². The Morgan fingerprint density at radius 2 is 1.67 bits per heavy atom. The second-order valence-electron chi connectivity index (χ2n) is 4.80. The highest BCUT2D eigenvalue weighted by molar-refractivity contribution is 7.91. The van der Waals surface area contributed by atoms with Gasteiger partial charge in [-0.25, -0.2) is 8.42 Å². The van der Waals surface area contributed by atoms with Gasteiger partial charge in [0.15, 0.2) is 9.84 Å². The molecule has 0 saturated carbocycles. The largest absolute Gasteiger partial charge is 0.315 e. The molecule has 1 aromatic carbocycles. The van der Waals surface area contributed by atoms with Gasteiger partial charge in [-0.15, -0.1) is 0 Å². The average molecular weight is 269 g/mol. The third-order valence-corrected chi connectivity index (χ3v) is 5.18. The first-order valence-corrected chi connectivity index (χ1v) is 8.28. The molecule has 0 heterocycles. The van der Waals surface area contributed by atoms with E-state index in [0.29, 0.717) is 0 Å². The minimum atomic E-state index is -3.01. The molecule has 0 fully saturated rings. The van der Waals surface area contributed by atoms with Crippen LogP contribution in [0.2, 0.25) is 0 Å². The van der Waals surface area contributed by atoms with Crippen LogP contribution in [-0.2, 0) is 22.7 Å². The van der Waals surface area contributed by atoms with Crippen molar-refractivity contribution in [3.8, 4) is 0 Å². The maximum Gasteiger partial charge on any atom is 0.151 e. The van der Waals surface area contributed by atoms with Gasteiger partial charge in [-0.3, -0.25) is 0 Å². The molecule has 102 valence electrons. The average Bonchev–Trinajstić information content (AvgIpc) is 2.34. The van der Waals surface area contributed by atoms with Crippen molar-refractivity contribution in [3.63, 3.8) is 0 Å². The van der Waals surface area contributed by atoms with Crippen LogP contribution in [0.3, 0.4) is 0 Å². The first kappa shape index (κ1) is 15.2. The van der Waals surface area contributed by atoms with Gasteiger partial charge in [0.05, 0.1) is 5.25 Å². The van der Waals surface area contributed by atoms with Gasteiger partial charge in [-0.2, -0.15) is 0 Å². The molecule has 0 aliphatic rings. The third-order valence-electron chi connectivity index (χ3n) is 3.50. The van der Waals surface area contributed by atoms with Crippen molar-refractivity contribution in [1.82, 2.24) is 5.32 Å². The zero-order valence-corrected chi connectivity index (χ0v) is 12.4.